The molecule has 1 aromatic heterocycles. The topological polar surface area (TPSA) is 58.4 Å². The maximum Gasteiger partial charge on any atom is 0.276 e. The van der Waals surface area contributed by atoms with Crippen LogP contribution in [0.4, 0.5) is 8.78 Å². The third kappa shape index (κ3) is 4.14. The average Bonchev–Trinajstić information content (AvgIpc) is 3.23. The predicted molar refractivity (Wildman–Crippen MR) is 114 cm³/mol. The van der Waals surface area contributed by atoms with Crippen LogP contribution in [0, 0.1) is 12.3 Å². The van der Waals surface area contributed by atoms with Gasteiger partial charge in [-0.2, -0.15) is 5.10 Å². The second kappa shape index (κ2) is 8.48. The van der Waals surface area contributed by atoms with E-state index < -0.39 is 11.5 Å². The minimum Gasteiger partial charge on any atom is -0.369 e. The lowest BCUT2D eigenvalue weighted by atomic mass is 9.91. The molecule has 1 fully saturated rings. The highest BCUT2D eigenvalue weighted by atomic mass is 79.9. The monoisotopic (exact) mass is 479 g/mol. The van der Waals surface area contributed by atoms with Crippen LogP contribution in [0.15, 0.2) is 28.7 Å². The van der Waals surface area contributed by atoms with E-state index in [-0.39, 0.29) is 17.9 Å². The zero-order valence-corrected chi connectivity index (χ0v) is 18.5. The summed E-state index contributed by atoms with van der Waals surface area (Å²) >= 11 is 3.41. The lowest BCUT2D eigenvalue weighted by Gasteiger charge is -2.23. The third-order valence-electron chi connectivity index (χ3n) is 5.46. The van der Waals surface area contributed by atoms with E-state index in [0.29, 0.717) is 43.6 Å². The molecule has 0 bridgehead atoms. The molecular formula is C22H24BrF2N3O2. The molecule has 2 aromatic rings. The standard InChI is InChI=1S/C15H15BrF2N2.C7H9NO2/c1-2-12-14-13(7-4-8-15(14,17)18)20(19-12)11-6-3-5-10(16)9-11;1-3-7(10)4-5-8(2)6(7)9/h3,5-6,9H,2,4,7-8H2,1H3;1,10H,4-5H2,2H3/t;7-/m.0/s1. The molecule has 0 saturated carbocycles. The summed E-state index contributed by atoms with van der Waals surface area (Å²) in [6, 6.07) is 7.60. The number of aliphatic hydroxyl groups is 1. The van der Waals surface area contributed by atoms with Crippen LogP contribution in [0.5, 0.6) is 0 Å². The van der Waals surface area contributed by atoms with E-state index in [0.717, 1.165) is 10.2 Å². The van der Waals surface area contributed by atoms with E-state index in [1.807, 2.05) is 31.2 Å². The minimum absolute atomic E-state index is 0.0722. The van der Waals surface area contributed by atoms with Crippen LogP contribution in [0.2, 0.25) is 0 Å². The summed E-state index contributed by atoms with van der Waals surface area (Å²) in [6.07, 6.45) is 6.93. The fourth-order valence-corrected chi connectivity index (χ4v) is 4.20. The quantitative estimate of drug-likeness (QED) is 0.665. The first kappa shape index (κ1) is 22.4. The van der Waals surface area contributed by atoms with E-state index in [2.05, 4.69) is 26.9 Å². The molecule has 160 valence electrons. The van der Waals surface area contributed by atoms with Gasteiger partial charge in [-0.25, -0.2) is 13.5 Å². The highest BCUT2D eigenvalue weighted by Crippen LogP contribution is 2.42. The number of hydrogen-bond acceptors (Lipinski definition) is 3. The van der Waals surface area contributed by atoms with Gasteiger partial charge in [0.15, 0.2) is 0 Å². The molecule has 0 unspecified atom stereocenters. The summed E-state index contributed by atoms with van der Waals surface area (Å²) < 4.78 is 31.0. The summed E-state index contributed by atoms with van der Waals surface area (Å²) in [5, 5.41) is 13.7. The lowest BCUT2D eigenvalue weighted by molar-refractivity contribution is -0.137. The Bertz CT molecular complexity index is 999. The number of likely N-dealkylation sites (N-methyl/N-ethyl adjacent to an activating group) is 1. The number of aryl methyl sites for hydroxylation is 1. The van der Waals surface area contributed by atoms with E-state index in [1.165, 1.54) is 4.90 Å². The maximum absolute atomic E-state index is 14.2. The fraction of sp³-hybridized carbons (Fsp3) is 0.455. The van der Waals surface area contributed by atoms with Crippen LogP contribution in [-0.4, -0.2) is 44.9 Å². The Balaban J connectivity index is 0.000000216. The Morgan fingerprint density at radius 3 is 2.63 bits per heavy atom. The third-order valence-corrected chi connectivity index (χ3v) is 5.95. The number of hydrogen-bond donors (Lipinski definition) is 1. The van der Waals surface area contributed by atoms with Crippen LogP contribution in [0.1, 0.15) is 43.1 Å². The summed E-state index contributed by atoms with van der Waals surface area (Å²) in [5.41, 5.74) is 0.648. The van der Waals surface area contributed by atoms with Crippen molar-refractivity contribution in [2.45, 2.75) is 50.6 Å². The van der Waals surface area contributed by atoms with Crippen molar-refractivity contribution in [3.8, 4) is 18.0 Å². The van der Waals surface area contributed by atoms with Crippen molar-refractivity contribution in [3.05, 3.63) is 45.7 Å². The predicted octanol–water partition coefficient (Wildman–Crippen LogP) is 3.84. The molecule has 1 amide bonds. The summed E-state index contributed by atoms with van der Waals surface area (Å²) in [5.74, 6) is -1.03. The van der Waals surface area contributed by atoms with Crippen molar-refractivity contribution in [2.24, 2.45) is 0 Å². The molecule has 1 saturated heterocycles. The number of halogens is 3. The largest absolute Gasteiger partial charge is 0.369 e. The SMILES string of the molecule is C#C[C@]1(O)CCN(C)C1=O.CCc1nn(-c2cccc(Br)c2)c2c1C(F)(F)CCC2. The van der Waals surface area contributed by atoms with Gasteiger partial charge in [-0.3, -0.25) is 4.79 Å². The molecule has 1 atom stereocenters. The molecule has 1 aliphatic heterocycles. The number of benzene rings is 1. The van der Waals surface area contributed by atoms with Crippen molar-refractivity contribution in [2.75, 3.05) is 13.6 Å². The van der Waals surface area contributed by atoms with Crippen LogP contribution >= 0.6 is 15.9 Å². The molecule has 5 nitrogen and oxygen atoms in total. The Labute approximate surface area is 183 Å². The second-order valence-electron chi connectivity index (χ2n) is 7.55. The zero-order valence-electron chi connectivity index (χ0n) is 17.0. The van der Waals surface area contributed by atoms with E-state index in [1.54, 1.807) is 11.7 Å². The molecule has 1 N–H and O–H groups in total. The molecule has 0 spiro atoms. The molecule has 2 aliphatic rings. The van der Waals surface area contributed by atoms with Gasteiger partial charge in [0, 0.05) is 30.9 Å². The number of fused-ring (bicyclic) bond motifs is 1. The first-order chi connectivity index (χ1) is 14.1. The van der Waals surface area contributed by atoms with Gasteiger partial charge in [0.1, 0.15) is 0 Å². The normalized spacial score (nSPS) is 22.2. The maximum atomic E-state index is 14.2. The molecule has 0 radical (unpaired) electrons. The molecule has 1 aliphatic carbocycles. The van der Waals surface area contributed by atoms with Crippen LogP contribution in [0.25, 0.3) is 5.69 Å². The summed E-state index contributed by atoms with van der Waals surface area (Å²) in [7, 11) is 1.62. The van der Waals surface area contributed by atoms with Crippen molar-refractivity contribution in [3.63, 3.8) is 0 Å². The van der Waals surface area contributed by atoms with Gasteiger partial charge in [0.05, 0.1) is 22.6 Å². The number of nitrogens with zero attached hydrogens (tertiary/aromatic N) is 3. The van der Waals surface area contributed by atoms with Crippen molar-refractivity contribution in [1.29, 1.82) is 0 Å². The Kier molecular flexibility index (Phi) is 6.34. The van der Waals surface area contributed by atoms with Crippen LogP contribution < -0.4 is 0 Å². The first-order valence-electron chi connectivity index (χ1n) is 9.83. The Hall–Kier alpha value is -2.24. The number of rotatable bonds is 2. The molecule has 8 heteroatoms. The lowest BCUT2D eigenvalue weighted by Crippen LogP contribution is -2.36. The van der Waals surface area contributed by atoms with E-state index >= 15 is 0 Å². The Morgan fingerprint density at radius 1 is 1.37 bits per heavy atom. The highest BCUT2D eigenvalue weighted by Gasteiger charge is 2.42. The number of carbonyl (C=O) groups excluding carboxylic acids is 1. The van der Waals surface area contributed by atoms with Gasteiger partial charge < -0.3 is 10.0 Å². The summed E-state index contributed by atoms with van der Waals surface area (Å²) in [6.45, 7) is 2.41. The van der Waals surface area contributed by atoms with Crippen molar-refractivity contribution in [1.82, 2.24) is 14.7 Å². The van der Waals surface area contributed by atoms with Crippen LogP contribution in [0.3, 0.4) is 0 Å². The van der Waals surface area contributed by atoms with E-state index in [4.69, 9.17) is 6.42 Å². The molecule has 30 heavy (non-hydrogen) atoms. The smallest absolute Gasteiger partial charge is 0.276 e. The molecule has 2 heterocycles. The first-order valence-corrected chi connectivity index (χ1v) is 10.6. The number of amides is 1. The number of carbonyl (C=O) groups is 1. The van der Waals surface area contributed by atoms with Gasteiger partial charge in [0.25, 0.3) is 11.8 Å². The minimum atomic E-state index is -2.75. The average molecular weight is 480 g/mol. The molecule has 4 rings (SSSR count). The van der Waals surface area contributed by atoms with Crippen molar-refractivity contribution < 1.29 is 18.7 Å². The van der Waals surface area contributed by atoms with Gasteiger partial charge in [-0.05, 0) is 37.5 Å². The highest BCUT2D eigenvalue weighted by molar-refractivity contribution is 9.10. The van der Waals surface area contributed by atoms with Crippen LogP contribution in [-0.2, 0) is 23.6 Å². The number of aromatic nitrogens is 2. The van der Waals surface area contributed by atoms with Gasteiger partial charge in [-0.1, -0.05) is 34.8 Å². The number of terminal acetylenes is 1. The number of alkyl halides is 2. The fourth-order valence-electron chi connectivity index (χ4n) is 3.82. The molecular weight excluding hydrogens is 456 g/mol. The van der Waals surface area contributed by atoms with E-state index in [9.17, 15) is 18.7 Å². The zero-order chi connectivity index (χ0) is 22.1. The van der Waals surface area contributed by atoms with Gasteiger partial charge in [-0.15, -0.1) is 6.42 Å². The summed E-state index contributed by atoms with van der Waals surface area (Å²) in [4.78, 5) is 12.4. The molecule has 1 aromatic carbocycles. The number of likely N-dealkylation sites (tertiary alicyclic amines) is 1. The van der Waals surface area contributed by atoms with Gasteiger partial charge in [0.2, 0.25) is 5.60 Å². The second-order valence-corrected chi connectivity index (χ2v) is 8.47. The Morgan fingerprint density at radius 2 is 2.10 bits per heavy atom. The van der Waals surface area contributed by atoms with Gasteiger partial charge >= 0.3 is 0 Å². The van der Waals surface area contributed by atoms with Crippen molar-refractivity contribution >= 4 is 21.8 Å².